The first-order valence-corrected chi connectivity index (χ1v) is 6.76. The number of ether oxygens (including phenoxy) is 1. The Bertz CT molecular complexity index is 307. The maximum atomic E-state index is 12.1. The summed E-state index contributed by atoms with van der Waals surface area (Å²) in [6, 6.07) is -1.29. The van der Waals surface area contributed by atoms with E-state index in [1.54, 1.807) is 26.1 Å². The predicted molar refractivity (Wildman–Crippen MR) is 67.3 cm³/mol. The minimum Gasteiger partial charge on any atom is -0.461 e. The number of carbonyl (C=O) groups excluding carboxylic acids is 2. The van der Waals surface area contributed by atoms with Gasteiger partial charge in [-0.1, -0.05) is 29.5 Å². The molecular formula is C10H15F3INO3. The number of halogens is 4. The number of nitrogens with one attached hydrogen (secondary N) is 1. The van der Waals surface area contributed by atoms with Crippen molar-refractivity contribution in [3.8, 4) is 0 Å². The van der Waals surface area contributed by atoms with Crippen molar-refractivity contribution in [1.29, 1.82) is 0 Å². The lowest BCUT2D eigenvalue weighted by atomic mass is 10.1. The van der Waals surface area contributed by atoms with Crippen LogP contribution in [0.4, 0.5) is 13.2 Å². The lowest BCUT2D eigenvalue weighted by Crippen LogP contribution is -2.51. The Kier molecular flexibility index (Phi) is 6.93. The molecule has 0 aromatic rings. The minimum atomic E-state index is -5.01. The van der Waals surface area contributed by atoms with E-state index in [4.69, 9.17) is 4.74 Å². The third kappa shape index (κ3) is 5.87. The molecule has 4 nitrogen and oxygen atoms in total. The maximum absolute atomic E-state index is 12.1. The van der Waals surface area contributed by atoms with Gasteiger partial charge in [0.1, 0.15) is 6.04 Å². The van der Waals surface area contributed by atoms with Crippen LogP contribution in [0, 0.1) is 5.92 Å². The van der Waals surface area contributed by atoms with E-state index in [0.29, 0.717) is 4.43 Å². The van der Waals surface area contributed by atoms with Gasteiger partial charge in [0.15, 0.2) is 0 Å². The number of alkyl halides is 4. The van der Waals surface area contributed by atoms with Crippen LogP contribution in [0.2, 0.25) is 0 Å². The number of hydrogen-bond acceptors (Lipinski definition) is 3. The minimum absolute atomic E-state index is 0.410. The van der Waals surface area contributed by atoms with Crippen molar-refractivity contribution in [3.05, 3.63) is 0 Å². The van der Waals surface area contributed by atoms with Crippen LogP contribution in [0.1, 0.15) is 20.8 Å². The van der Waals surface area contributed by atoms with Gasteiger partial charge in [0, 0.05) is 4.43 Å². The van der Waals surface area contributed by atoms with Crippen molar-refractivity contribution in [2.45, 2.75) is 39.1 Å². The summed E-state index contributed by atoms with van der Waals surface area (Å²) in [6.45, 7) is 4.72. The molecular weight excluding hydrogens is 367 g/mol. The van der Waals surface area contributed by atoms with Crippen LogP contribution in [0.15, 0.2) is 0 Å². The topological polar surface area (TPSA) is 55.4 Å². The summed E-state index contributed by atoms with van der Waals surface area (Å²) in [6.07, 6.45) is -5.47. The molecule has 8 heteroatoms. The van der Waals surface area contributed by atoms with E-state index in [1.165, 1.54) is 0 Å². The second kappa shape index (κ2) is 7.15. The summed E-state index contributed by atoms with van der Waals surface area (Å²) in [7, 11) is 0. The zero-order chi connectivity index (χ0) is 14.5. The fourth-order valence-corrected chi connectivity index (χ4v) is 1.56. The van der Waals surface area contributed by atoms with E-state index < -0.39 is 36.1 Å². The third-order valence-electron chi connectivity index (χ3n) is 1.96. The average molecular weight is 382 g/mol. The Labute approximate surface area is 117 Å². The molecule has 0 saturated heterocycles. The summed E-state index contributed by atoms with van der Waals surface area (Å²) in [4.78, 5) is 22.4. The van der Waals surface area contributed by atoms with E-state index in [2.05, 4.69) is 0 Å². The van der Waals surface area contributed by atoms with Gasteiger partial charge >= 0.3 is 18.1 Å². The Morgan fingerprint density at radius 3 is 2.11 bits per heavy atom. The Morgan fingerprint density at radius 1 is 1.28 bits per heavy atom. The van der Waals surface area contributed by atoms with Gasteiger partial charge in [-0.25, -0.2) is 4.79 Å². The van der Waals surface area contributed by atoms with Gasteiger partial charge in [-0.05, 0) is 19.8 Å². The second-order valence-corrected chi connectivity index (χ2v) is 4.95. The van der Waals surface area contributed by atoms with Crippen LogP contribution < -0.4 is 5.32 Å². The molecule has 0 heterocycles. The SMILES string of the molecule is CC(C)OC(=O)[C@@H](NC(=O)C(F)(F)F)[C@H]([13CH3])CI. The van der Waals surface area contributed by atoms with Gasteiger partial charge in [0.05, 0.1) is 6.10 Å². The second-order valence-electron chi connectivity index (χ2n) is 4.07. The van der Waals surface area contributed by atoms with Crippen LogP contribution in [0.3, 0.4) is 0 Å². The first-order chi connectivity index (χ1) is 8.09. The number of esters is 1. The summed E-state index contributed by atoms with van der Waals surface area (Å²) < 4.78 is 41.6. The highest BCUT2D eigenvalue weighted by atomic mass is 127. The Balaban J connectivity index is 4.80. The molecule has 0 radical (unpaired) electrons. The van der Waals surface area contributed by atoms with Crippen LogP contribution >= 0.6 is 22.6 Å². The normalized spacial score (nSPS) is 15.1. The molecule has 1 N–H and O–H groups in total. The number of hydrogen-bond donors (Lipinski definition) is 1. The summed E-state index contributed by atoms with van der Waals surface area (Å²) in [5.74, 6) is -3.44. The van der Waals surface area contributed by atoms with Crippen molar-refractivity contribution in [3.63, 3.8) is 0 Å². The highest BCUT2D eigenvalue weighted by Crippen LogP contribution is 2.17. The van der Waals surface area contributed by atoms with E-state index in [0.717, 1.165) is 0 Å². The number of rotatable bonds is 5. The highest BCUT2D eigenvalue weighted by molar-refractivity contribution is 14.1. The molecule has 0 fully saturated rings. The molecule has 18 heavy (non-hydrogen) atoms. The largest absolute Gasteiger partial charge is 0.471 e. The molecule has 0 aromatic carbocycles. The van der Waals surface area contributed by atoms with Gasteiger partial charge in [0.2, 0.25) is 0 Å². The lowest BCUT2D eigenvalue weighted by Gasteiger charge is -2.23. The Hall–Kier alpha value is -0.540. The molecule has 0 saturated carbocycles. The van der Waals surface area contributed by atoms with Crippen LogP contribution in [-0.4, -0.2) is 34.6 Å². The maximum Gasteiger partial charge on any atom is 0.471 e. The molecule has 0 aliphatic rings. The quantitative estimate of drug-likeness (QED) is 0.343. The monoisotopic (exact) mass is 382 g/mol. The van der Waals surface area contributed by atoms with Crippen molar-refractivity contribution in [2.24, 2.45) is 5.92 Å². The smallest absolute Gasteiger partial charge is 0.461 e. The molecule has 0 rings (SSSR count). The Morgan fingerprint density at radius 2 is 1.78 bits per heavy atom. The first kappa shape index (κ1) is 17.5. The van der Waals surface area contributed by atoms with Crippen molar-refractivity contribution in [1.82, 2.24) is 5.32 Å². The number of carbonyl (C=O) groups is 2. The van der Waals surface area contributed by atoms with E-state index in [9.17, 15) is 22.8 Å². The fourth-order valence-electron chi connectivity index (χ4n) is 1.05. The molecule has 0 bridgehead atoms. The van der Waals surface area contributed by atoms with Gasteiger partial charge in [-0.2, -0.15) is 13.2 Å². The van der Waals surface area contributed by atoms with Crippen molar-refractivity contribution in [2.75, 3.05) is 4.43 Å². The zero-order valence-electron chi connectivity index (χ0n) is 10.2. The third-order valence-corrected chi connectivity index (χ3v) is 3.35. The van der Waals surface area contributed by atoms with E-state index >= 15 is 0 Å². The fraction of sp³-hybridized carbons (Fsp3) is 0.800. The number of amides is 1. The summed E-state index contributed by atoms with van der Waals surface area (Å²) >= 11 is 1.92. The molecule has 0 aliphatic carbocycles. The highest BCUT2D eigenvalue weighted by Gasteiger charge is 2.42. The molecule has 2 atom stereocenters. The van der Waals surface area contributed by atoms with Gasteiger partial charge < -0.3 is 10.1 Å². The molecule has 0 spiro atoms. The van der Waals surface area contributed by atoms with E-state index in [1.807, 2.05) is 22.6 Å². The molecule has 1 amide bonds. The van der Waals surface area contributed by atoms with Crippen molar-refractivity contribution >= 4 is 34.5 Å². The predicted octanol–water partition coefficient (Wildman–Crippen LogP) is 2.06. The molecule has 106 valence electrons. The van der Waals surface area contributed by atoms with Gasteiger partial charge in [-0.15, -0.1) is 0 Å². The van der Waals surface area contributed by atoms with Crippen LogP contribution in [0.25, 0.3) is 0 Å². The standard InChI is InChI=1S/C10H15F3INO3/c1-5(2)18-8(16)7(6(3)4-14)15-9(17)10(11,12)13/h5-7H,4H2,1-3H3,(H,15,17)/t6-,7+/m1/s1/i3+1. The first-order valence-electron chi connectivity index (χ1n) is 5.23. The molecule has 0 aromatic heterocycles. The van der Waals surface area contributed by atoms with Crippen LogP contribution in [0.5, 0.6) is 0 Å². The van der Waals surface area contributed by atoms with Crippen LogP contribution in [-0.2, 0) is 14.3 Å². The summed E-state index contributed by atoms with van der Waals surface area (Å²) in [5, 5.41) is 1.67. The lowest BCUT2D eigenvalue weighted by molar-refractivity contribution is -0.176. The van der Waals surface area contributed by atoms with Gasteiger partial charge in [0.25, 0.3) is 0 Å². The van der Waals surface area contributed by atoms with E-state index in [-0.39, 0.29) is 0 Å². The average Bonchev–Trinajstić information content (AvgIpc) is 2.21. The summed E-state index contributed by atoms with van der Waals surface area (Å²) in [5.41, 5.74) is 0. The van der Waals surface area contributed by atoms with Gasteiger partial charge in [-0.3, -0.25) is 4.79 Å². The molecule has 0 unspecified atom stereocenters. The molecule has 0 aliphatic heterocycles. The zero-order valence-corrected chi connectivity index (χ0v) is 12.3. The van der Waals surface area contributed by atoms with Crippen molar-refractivity contribution < 1.29 is 27.5 Å².